The van der Waals surface area contributed by atoms with E-state index in [0.29, 0.717) is 10.9 Å². The van der Waals surface area contributed by atoms with Crippen molar-refractivity contribution in [3.05, 3.63) is 35.5 Å². The minimum absolute atomic E-state index is 0.170. The highest BCUT2D eigenvalue weighted by molar-refractivity contribution is 6.31. The number of nitrogens with one attached hydrogen (secondary N) is 1. The van der Waals surface area contributed by atoms with Crippen molar-refractivity contribution in [1.29, 1.82) is 0 Å². The molecule has 0 atom stereocenters. The number of pyridine rings is 1. The Morgan fingerprint density at radius 2 is 2.05 bits per heavy atom. The summed E-state index contributed by atoms with van der Waals surface area (Å²) in [4.78, 5) is 4.34. The quantitative estimate of drug-likeness (QED) is 0.789. The average molecular weight is 297 g/mol. The van der Waals surface area contributed by atoms with Crippen molar-refractivity contribution in [2.24, 2.45) is 5.41 Å². The maximum atomic E-state index is 5.99. The van der Waals surface area contributed by atoms with Gasteiger partial charge in [-0.15, -0.1) is 11.6 Å². The van der Waals surface area contributed by atoms with Crippen molar-refractivity contribution in [3.63, 3.8) is 0 Å². The van der Waals surface area contributed by atoms with Crippen molar-refractivity contribution in [3.8, 4) is 0 Å². The number of halogens is 2. The predicted octanol–water partition coefficient (Wildman–Crippen LogP) is 4.96. The van der Waals surface area contributed by atoms with Crippen LogP contribution in [-0.4, -0.2) is 17.4 Å². The van der Waals surface area contributed by atoms with Gasteiger partial charge in [-0.2, -0.15) is 0 Å². The smallest absolute Gasteiger partial charge is 0.0737 e. The van der Waals surface area contributed by atoms with Crippen molar-refractivity contribution in [2.45, 2.75) is 20.3 Å². The molecule has 4 heteroatoms. The number of hydrogen-bond acceptors (Lipinski definition) is 2. The number of fused-ring (bicyclic) bond motifs is 1. The van der Waals surface area contributed by atoms with Crippen LogP contribution in [-0.2, 0) is 0 Å². The molecule has 0 fully saturated rings. The number of anilines is 1. The zero-order valence-electron chi connectivity index (χ0n) is 11.2. The summed E-state index contributed by atoms with van der Waals surface area (Å²) in [5.41, 5.74) is 2.17. The molecule has 1 aromatic carbocycles. The monoisotopic (exact) mass is 296 g/mol. The van der Waals surface area contributed by atoms with Gasteiger partial charge < -0.3 is 5.32 Å². The summed E-state index contributed by atoms with van der Waals surface area (Å²) in [6, 6.07) is 7.77. The molecule has 1 aromatic heterocycles. The summed E-state index contributed by atoms with van der Waals surface area (Å²) in [5, 5.41) is 5.29. The van der Waals surface area contributed by atoms with Gasteiger partial charge in [0.2, 0.25) is 0 Å². The summed E-state index contributed by atoms with van der Waals surface area (Å²) in [5.74, 6) is 0.682. The summed E-state index contributed by atoms with van der Waals surface area (Å²) in [6.45, 7) is 5.30. The van der Waals surface area contributed by atoms with Gasteiger partial charge in [0.05, 0.1) is 5.52 Å². The molecule has 0 spiro atoms. The van der Waals surface area contributed by atoms with Crippen LogP contribution in [0.15, 0.2) is 30.5 Å². The standard InChI is InChI=1S/C15H18Cl2N2/c1-15(2,6-7-16)10-19-13-5-8-18-14-9-11(17)3-4-12(13)14/h3-5,8-9H,6-7,10H2,1-2H3,(H,18,19). The lowest BCUT2D eigenvalue weighted by Crippen LogP contribution is -2.23. The van der Waals surface area contributed by atoms with Crippen LogP contribution in [0.5, 0.6) is 0 Å². The fourth-order valence-electron chi connectivity index (χ4n) is 1.95. The molecule has 102 valence electrons. The summed E-state index contributed by atoms with van der Waals surface area (Å²) < 4.78 is 0. The van der Waals surface area contributed by atoms with E-state index in [4.69, 9.17) is 23.2 Å². The van der Waals surface area contributed by atoms with Crippen molar-refractivity contribution in [2.75, 3.05) is 17.7 Å². The van der Waals surface area contributed by atoms with E-state index in [9.17, 15) is 0 Å². The van der Waals surface area contributed by atoms with Gasteiger partial charge in [0.15, 0.2) is 0 Å². The normalized spacial score (nSPS) is 11.8. The Kier molecular flexibility index (Phi) is 4.54. The Bertz CT molecular complexity index is 567. The van der Waals surface area contributed by atoms with E-state index in [1.54, 1.807) is 6.20 Å². The van der Waals surface area contributed by atoms with Crippen LogP contribution in [0.25, 0.3) is 10.9 Å². The van der Waals surface area contributed by atoms with Gasteiger partial charge >= 0.3 is 0 Å². The predicted molar refractivity (Wildman–Crippen MR) is 84.4 cm³/mol. The highest BCUT2D eigenvalue weighted by atomic mass is 35.5. The Morgan fingerprint density at radius 3 is 2.79 bits per heavy atom. The first kappa shape index (κ1) is 14.4. The summed E-state index contributed by atoms with van der Waals surface area (Å²) >= 11 is 11.8. The molecule has 2 aromatic rings. The zero-order chi connectivity index (χ0) is 13.9. The molecule has 2 rings (SSSR count). The van der Waals surface area contributed by atoms with Crippen LogP contribution in [0, 0.1) is 5.41 Å². The Labute approximate surface area is 124 Å². The van der Waals surface area contributed by atoms with Gasteiger partial charge in [-0.1, -0.05) is 25.4 Å². The molecule has 0 aliphatic rings. The molecule has 0 bridgehead atoms. The Balaban J connectivity index is 2.21. The molecule has 0 saturated carbocycles. The van der Waals surface area contributed by atoms with Crippen molar-refractivity contribution >= 4 is 39.8 Å². The molecule has 1 heterocycles. The third kappa shape index (κ3) is 3.74. The van der Waals surface area contributed by atoms with Gasteiger partial charge in [0.1, 0.15) is 0 Å². The van der Waals surface area contributed by atoms with Crippen LogP contribution < -0.4 is 5.32 Å². The average Bonchev–Trinajstić information content (AvgIpc) is 2.36. The third-order valence-corrected chi connectivity index (χ3v) is 3.66. The summed E-state index contributed by atoms with van der Waals surface area (Å²) in [6.07, 6.45) is 2.78. The highest BCUT2D eigenvalue weighted by Crippen LogP contribution is 2.27. The number of hydrogen-bond donors (Lipinski definition) is 1. The minimum atomic E-state index is 0.170. The minimum Gasteiger partial charge on any atom is -0.384 e. The van der Waals surface area contributed by atoms with Crippen LogP contribution in [0.4, 0.5) is 5.69 Å². The van der Waals surface area contributed by atoms with Gasteiger partial charge in [-0.3, -0.25) is 4.98 Å². The Hall–Kier alpha value is -0.990. The van der Waals surface area contributed by atoms with E-state index < -0.39 is 0 Å². The van der Waals surface area contributed by atoms with Gasteiger partial charge in [0.25, 0.3) is 0 Å². The SMILES string of the molecule is CC(C)(CCCl)CNc1ccnc2cc(Cl)ccc12. The number of rotatable bonds is 5. The van der Waals surface area contributed by atoms with E-state index in [2.05, 4.69) is 24.1 Å². The van der Waals surface area contributed by atoms with Crippen molar-refractivity contribution < 1.29 is 0 Å². The first-order chi connectivity index (χ1) is 9.02. The van der Waals surface area contributed by atoms with Crippen molar-refractivity contribution in [1.82, 2.24) is 4.98 Å². The van der Waals surface area contributed by atoms with Gasteiger partial charge in [-0.05, 0) is 36.1 Å². The first-order valence-electron chi connectivity index (χ1n) is 6.36. The topological polar surface area (TPSA) is 24.9 Å². The molecule has 0 amide bonds. The van der Waals surface area contributed by atoms with Gasteiger partial charge in [0, 0.05) is 34.7 Å². The molecule has 0 saturated heterocycles. The third-order valence-electron chi connectivity index (χ3n) is 3.23. The van der Waals surface area contributed by atoms with Crippen LogP contribution in [0.1, 0.15) is 20.3 Å². The molecular weight excluding hydrogens is 279 g/mol. The number of alkyl halides is 1. The van der Waals surface area contributed by atoms with E-state index in [1.165, 1.54) is 0 Å². The summed E-state index contributed by atoms with van der Waals surface area (Å²) in [7, 11) is 0. The second-order valence-electron chi connectivity index (χ2n) is 5.48. The zero-order valence-corrected chi connectivity index (χ0v) is 12.7. The Morgan fingerprint density at radius 1 is 1.26 bits per heavy atom. The van der Waals surface area contributed by atoms with Crippen LogP contribution in [0.3, 0.4) is 0 Å². The van der Waals surface area contributed by atoms with Gasteiger partial charge in [-0.25, -0.2) is 0 Å². The number of benzene rings is 1. The fraction of sp³-hybridized carbons (Fsp3) is 0.400. The maximum Gasteiger partial charge on any atom is 0.0737 e. The molecule has 0 unspecified atom stereocenters. The van der Waals surface area contributed by atoms with Crippen LogP contribution >= 0.6 is 23.2 Å². The lowest BCUT2D eigenvalue weighted by atomic mass is 9.90. The molecule has 0 aliphatic heterocycles. The molecule has 19 heavy (non-hydrogen) atoms. The lowest BCUT2D eigenvalue weighted by Gasteiger charge is -2.24. The molecule has 0 radical (unpaired) electrons. The van der Waals surface area contributed by atoms with Crippen LogP contribution in [0.2, 0.25) is 5.02 Å². The second-order valence-corrected chi connectivity index (χ2v) is 6.29. The van der Waals surface area contributed by atoms with E-state index in [-0.39, 0.29) is 5.41 Å². The molecule has 0 aliphatic carbocycles. The molecular formula is C15H18Cl2N2. The second kappa shape index (κ2) is 5.98. The molecule has 2 nitrogen and oxygen atoms in total. The number of aromatic nitrogens is 1. The maximum absolute atomic E-state index is 5.99. The van der Waals surface area contributed by atoms with E-state index >= 15 is 0 Å². The largest absolute Gasteiger partial charge is 0.384 e. The first-order valence-corrected chi connectivity index (χ1v) is 7.27. The number of nitrogens with zero attached hydrogens (tertiary/aromatic N) is 1. The fourth-order valence-corrected chi connectivity index (χ4v) is 2.63. The van der Waals surface area contributed by atoms with E-state index in [0.717, 1.165) is 29.6 Å². The lowest BCUT2D eigenvalue weighted by molar-refractivity contribution is 0.379. The van der Waals surface area contributed by atoms with E-state index in [1.807, 2.05) is 24.3 Å². The highest BCUT2D eigenvalue weighted by Gasteiger charge is 2.17. The molecule has 1 N–H and O–H groups in total.